The van der Waals surface area contributed by atoms with E-state index in [9.17, 15) is 4.79 Å². The molecule has 4 nitrogen and oxygen atoms in total. The van der Waals surface area contributed by atoms with Crippen molar-refractivity contribution in [1.29, 1.82) is 0 Å². The maximum Gasteiger partial charge on any atom is 0.341 e. The van der Waals surface area contributed by atoms with Crippen LogP contribution in [0, 0.1) is 0 Å². The Morgan fingerprint density at radius 2 is 1.15 bits per heavy atom. The van der Waals surface area contributed by atoms with Crippen molar-refractivity contribution in [2.75, 3.05) is 0 Å². The fourth-order valence-electron chi connectivity index (χ4n) is 5.48. The van der Waals surface area contributed by atoms with Crippen molar-refractivity contribution < 1.29 is 9.53 Å². The van der Waals surface area contributed by atoms with Gasteiger partial charge in [-0.15, -0.1) is 0 Å². The number of carbonyl (C=O) groups excluding carboxylic acids is 1. The number of hydrogen-bond donors (Lipinski definition) is 0. The lowest BCUT2D eigenvalue weighted by molar-refractivity contribution is -0.153. The van der Waals surface area contributed by atoms with Crippen molar-refractivity contribution in [1.82, 2.24) is 4.90 Å². The highest BCUT2D eigenvalue weighted by atomic mass is 16.5. The third-order valence-corrected chi connectivity index (χ3v) is 7.34. The smallest absolute Gasteiger partial charge is 0.341 e. The number of rotatable bonds is 8. The number of amidine groups is 1. The summed E-state index contributed by atoms with van der Waals surface area (Å²) < 4.78 is 6.13. The number of nitrogens with zero attached hydrogens (tertiary/aromatic N) is 2. The molecule has 0 unspecified atom stereocenters. The molecule has 0 aliphatic carbocycles. The Morgan fingerprint density at radius 3 is 1.75 bits per heavy atom. The second-order valence-corrected chi connectivity index (χ2v) is 9.92. The summed E-state index contributed by atoms with van der Waals surface area (Å²) in [4.78, 5) is 22.2. The first-order valence-corrected chi connectivity index (χ1v) is 13.5. The number of ether oxygens (including phenoxy) is 1. The standard InChI is InChI=1S/C36H30N2O2/c39-35(40-27-29-18-8-2-9-19-29)36(32-24-14-5-15-25-32)33(30-20-10-3-11-21-30)38(26-28-16-6-1-7-17-28)34(37-36)31-22-12-4-13-23-31/h1-25,33H,26-27H2/t33-,36-/m1/s1. The zero-order chi connectivity index (χ0) is 27.2. The molecule has 1 aliphatic rings. The van der Waals surface area contributed by atoms with Gasteiger partial charge in [0.2, 0.25) is 5.54 Å². The van der Waals surface area contributed by atoms with Gasteiger partial charge >= 0.3 is 5.97 Å². The van der Waals surface area contributed by atoms with Crippen LogP contribution in [0.3, 0.4) is 0 Å². The van der Waals surface area contributed by atoms with Crippen molar-refractivity contribution in [3.05, 3.63) is 179 Å². The SMILES string of the molecule is O=C(OCc1ccccc1)[C@]1(c2ccccc2)N=C(c2ccccc2)N(Cc2ccccc2)[C@@H]1c1ccccc1. The first-order valence-electron chi connectivity index (χ1n) is 13.5. The van der Waals surface area contributed by atoms with Crippen LogP contribution < -0.4 is 0 Å². The summed E-state index contributed by atoms with van der Waals surface area (Å²) in [6.45, 7) is 0.749. The minimum Gasteiger partial charge on any atom is -0.459 e. The minimum absolute atomic E-state index is 0.171. The second kappa shape index (κ2) is 11.4. The molecule has 0 bridgehead atoms. The van der Waals surface area contributed by atoms with E-state index in [4.69, 9.17) is 9.73 Å². The predicted molar refractivity (Wildman–Crippen MR) is 159 cm³/mol. The summed E-state index contributed by atoms with van der Waals surface area (Å²) >= 11 is 0. The number of hydrogen-bond acceptors (Lipinski definition) is 4. The Bertz CT molecular complexity index is 1570. The van der Waals surface area contributed by atoms with Gasteiger partial charge in [0.25, 0.3) is 0 Å². The maximum absolute atomic E-state index is 14.5. The van der Waals surface area contributed by atoms with Crippen LogP contribution >= 0.6 is 0 Å². The Balaban J connectivity index is 1.56. The van der Waals surface area contributed by atoms with Crippen LogP contribution in [-0.2, 0) is 28.2 Å². The van der Waals surface area contributed by atoms with E-state index < -0.39 is 11.6 Å². The van der Waals surface area contributed by atoms with E-state index in [1.54, 1.807) is 0 Å². The number of aliphatic imine (C=N–C) groups is 1. The molecule has 40 heavy (non-hydrogen) atoms. The molecule has 4 heteroatoms. The molecule has 2 atom stereocenters. The van der Waals surface area contributed by atoms with Crippen molar-refractivity contribution in [3.63, 3.8) is 0 Å². The van der Waals surface area contributed by atoms with Gasteiger partial charge < -0.3 is 9.64 Å². The summed E-state index contributed by atoms with van der Waals surface area (Å²) in [5, 5.41) is 0. The molecule has 5 aromatic rings. The van der Waals surface area contributed by atoms with Crippen LogP contribution in [0.4, 0.5) is 0 Å². The first kappa shape index (κ1) is 25.3. The van der Waals surface area contributed by atoms with Gasteiger partial charge in [0.05, 0.1) is 6.04 Å². The van der Waals surface area contributed by atoms with Gasteiger partial charge in [-0.05, 0) is 22.3 Å². The fourth-order valence-corrected chi connectivity index (χ4v) is 5.48. The molecule has 1 heterocycles. The van der Waals surface area contributed by atoms with Gasteiger partial charge in [-0.25, -0.2) is 9.79 Å². The van der Waals surface area contributed by atoms with Crippen molar-refractivity contribution in [3.8, 4) is 0 Å². The summed E-state index contributed by atoms with van der Waals surface area (Å²) in [6, 6.07) is 49.8. The lowest BCUT2D eigenvalue weighted by Gasteiger charge is -2.37. The molecule has 0 aromatic heterocycles. The van der Waals surface area contributed by atoms with Gasteiger partial charge in [-0.3, -0.25) is 0 Å². The van der Waals surface area contributed by atoms with Gasteiger partial charge in [0.1, 0.15) is 12.4 Å². The molecule has 0 fully saturated rings. The van der Waals surface area contributed by atoms with Gasteiger partial charge in [0, 0.05) is 12.1 Å². The van der Waals surface area contributed by atoms with E-state index in [1.165, 1.54) is 0 Å². The normalized spacial score (nSPS) is 18.2. The van der Waals surface area contributed by atoms with E-state index >= 15 is 0 Å². The largest absolute Gasteiger partial charge is 0.459 e. The van der Waals surface area contributed by atoms with E-state index in [0.717, 1.165) is 33.7 Å². The number of esters is 1. The minimum atomic E-state index is -1.32. The Hall–Kier alpha value is -4.96. The summed E-state index contributed by atoms with van der Waals surface area (Å²) in [5.41, 5.74) is 3.49. The molecule has 6 rings (SSSR count). The monoisotopic (exact) mass is 522 g/mol. The van der Waals surface area contributed by atoms with E-state index in [1.807, 2.05) is 115 Å². The van der Waals surface area contributed by atoms with E-state index in [-0.39, 0.29) is 12.6 Å². The molecular weight excluding hydrogens is 492 g/mol. The van der Waals surface area contributed by atoms with Crippen molar-refractivity contribution in [2.24, 2.45) is 4.99 Å². The van der Waals surface area contributed by atoms with Crippen LogP contribution in [0.25, 0.3) is 0 Å². The molecule has 5 aromatic carbocycles. The first-order chi connectivity index (χ1) is 19.8. The molecule has 1 aliphatic heterocycles. The predicted octanol–water partition coefficient (Wildman–Crippen LogP) is 7.33. The zero-order valence-corrected chi connectivity index (χ0v) is 22.1. The van der Waals surface area contributed by atoms with Crippen LogP contribution in [0.15, 0.2) is 157 Å². The number of carbonyl (C=O) groups is 1. The van der Waals surface area contributed by atoms with Crippen molar-refractivity contribution in [2.45, 2.75) is 24.7 Å². The van der Waals surface area contributed by atoms with Crippen molar-refractivity contribution >= 4 is 11.8 Å². The second-order valence-electron chi connectivity index (χ2n) is 9.92. The molecular formula is C36H30N2O2. The summed E-state index contributed by atoms with van der Waals surface area (Å²) in [7, 11) is 0. The molecule has 0 spiro atoms. The Kier molecular flexibility index (Phi) is 7.23. The third-order valence-electron chi connectivity index (χ3n) is 7.34. The molecule has 0 radical (unpaired) electrons. The lowest BCUT2D eigenvalue weighted by atomic mass is 9.79. The molecule has 0 N–H and O–H groups in total. The van der Waals surface area contributed by atoms with Crippen LogP contribution in [0.5, 0.6) is 0 Å². The summed E-state index contributed by atoms with van der Waals surface area (Å²) in [6.07, 6.45) is 0. The Labute approximate surface area is 235 Å². The van der Waals surface area contributed by atoms with Crippen LogP contribution in [0.2, 0.25) is 0 Å². The van der Waals surface area contributed by atoms with Gasteiger partial charge in [-0.1, -0.05) is 152 Å². The molecule has 0 saturated carbocycles. The van der Waals surface area contributed by atoms with E-state index in [0.29, 0.717) is 6.54 Å². The topological polar surface area (TPSA) is 41.9 Å². The Morgan fingerprint density at radius 1 is 0.650 bits per heavy atom. The lowest BCUT2D eigenvalue weighted by Crippen LogP contribution is -2.44. The number of benzene rings is 5. The van der Waals surface area contributed by atoms with Gasteiger partial charge in [-0.2, -0.15) is 0 Å². The van der Waals surface area contributed by atoms with Gasteiger partial charge in [0.15, 0.2) is 0 Å². The van der Waals surface area contributed by atoms with Crippen LogP contribution in [0.1, 0.15) is 33.9 Å². The fraction of sp³-hybridized carbons (Fsp3) is 0.111. The van der Waals surface area contributed by atoms with E-state index in [2.05, 4.69) is 41.3 Å². The zero-order valence-electron chi connectivity index (χ0n) is 22.1. The highest BCUT2D eigenvalue weighted by Gasteiger charge is 2.57. The molecule has 0 saturated heterocycles. The molecule has 0 amide bonds. The average molecular weight is 523 g/mol. The average Bonchev–Trinajstić information content (AvgIpc) is 3.38. The maximum atomic E-state index is 14.5. The third kappa shape index (κ3) is 4.92. The highest BCUT2D eigenvalue weighted by molar-refractivity contribution is 6.04. The highest BCUT2D eigenvalue weighted by Crippen LogP contribution is 2.50. The molecule has 196 valence electrons. The quantitative estimate of drug-likeness (QED) is 0.200. The van der Waals surface area contributed by atoms with Crippen LogP contribution in [-0.4, -0.2) is 16.7 Å². The summed E-state index contributed by atoms with van der Waals surface area (Å²) in [5.74, 6) is 0.388.